The van der Waals surface area contributed by atoms with Crippen LogP contribution in [0.15, 0.2) is 0 Å². The van der Waals surface area contributed by atoms with E-state index in [9.17, 15) is 4.79 Å². The van der Waals surface area contributed by atoms with E-state index < -0.39 is 0 Å². The molecule has 110 valence electrons. The molecule has 4 heteroatoms. The van der Waals surface area contributed by atoms with Gasteiger partial charge in [0.05, 0.1) is 6.54 Å². The fourth-order valence-electron chi connectivity index (χ4n) is 2.99. The molecule has 1 aliphatic heterocycles. The number of likely N-dealkylation sites (tertiary alicyclic amines) is 1. The van der Waals surface area contributed by atoms with Crippen molar-refractivity contribution in [2.75, 3.05) is 26.2 Å². The highest BCUT2D eigenvalue weighted by Crippen LogP contribution is 2.27. The SMILES string of the molecule is CC1CCCCN1C(=O)CN(CCCCO)C1CC1. The molecule has 0 aromatic rings. The van der Waals surface area contributed by atoms with Crippen LogP contribution in [-0.2, 0) is 4.79 Å². The number of hydrogen-bond donors (Lipinski definition) is 1. The van der Waals surface area contributed by atoms with Gasteiger partial charge in [0.25, 0.3) is 0 Å². The fraction of sp³-hybridized carbons (Fsp3) is 0.933. The predicted octanol–water partition coefficient (Wildman–Crippen LogP) is 1.62. The first-order chi connectivity index (χ1) is 9.22. The third kappa shape index (κ3) is 4.46. The Kier molecular flexibility index (Phi) is 5.64. The van der Waals surface area contributed by atoms with Crippen molar-refractivity contribution in [1.82, 2.24) is 9.80 Å². The van der Waals surface area contributed by atoms with Crippen LogP contribution in [0.4, 0.5) is 0 Å². The van der Waals surface area contributed by atoms with Crippen molar-refractivity contribution in [3.63, 3.8) is 0 Å². The molecule has 1 heterocycles. The Hall–Kier alpha value is -0.610. The van der Waals surface area contributed by atoms with Crippen molar-refractivity contribution in [2.45, 2.75) is 64.0 Å². The van der Waals surface area contributed by atoms with Crippen molar-refractivity contribution < 1.29 is 9.90 Å². The molecule has 1 unspecified atom stereocenters. The van der Waals surface area contributed by atoms with Crippen LogP contribution < -0.4 is 0 Å². The predicted molar refractivity (Wildman–Crippen MR) is 75.9 cm³/mol. The number of nitrogens with zero attached hydrogens (tertiary/aromatic N) is 2. The number of aliphatic hydroxyl groups is 1. The lowest BCUT2D eigenvalue weighted by Crippen LogP contribution is -2.47. The topological polar surface area (TPSA) is 43.8 Å². The van der Waals surface area contributed by atoms with E-state index in [4.69, 9.17) is 5.11 Å². The normalized spacial score (nSPS) is 23.9. The van der Waals surface area contributed by atoms with Gasteiger partial charge in [0, 0.05) is 25.2 Å². The summed E-state index contributed by atoms with van der Waals surface area (Å²) < 4.78 is 0. The van der Waals surface area contributed by atoms with Crippen molar-refractivity contribution >= 4 is 5.91 Å². The smallest absolute Gasteiger partial charge is 0.236 e. The van der Waals surface area contributed by atoms with Crippen LogP contribution in [-0.4, -0.2) is 59.1 Å². The van der Waals surface area contributed by atoms with Gasteiger partial charge in [-0.25, -0.2) is 0 Å². The molecule has 2 fully saturated rings. The van der Waals surface area contributed by atoms with Crippen molar-refractivity contribution in [3.05, 3.63) is 0 Å². The van der Waals surface area contributed by atoms with Gasteiger partial charge in [-0.05, 0) is 58.4 Å². The summed E-state index contributed by atoms with van der Waals surface area (Å²) in [6.07, 6.45) is 7.88. The molecule has 0 aromatic carbocycles. The summed E-state index contributed by atoms with van der Waals surface area (Å²) in [5.74, 6) is 0.308. The maximum absolute atomic E-state index is 12.4. The second kappa shape index (κ2) is 7.25. The standard InChI is InChI=1S/C15H28N2O2/c1-13-6-2-3-10-17(13)15(19)12-16(14-7-8-14)9-4-5-11-18/h13-14,18H,2-12H2,1H3. The van der Waals surface area contributed by atoms with E-state index in [1.54, 1.807) is 0 Å². The zero-order chi connectivity index (χ0) is 13.7. The number of aliphatic hydroxyl groups excluding tert-OH is 1. The summed E-state index contributed by atoms with van der Waals surface area (Å²) in [5.41, 5.74) is 0. The van der Waals surface area contributed by atoms with Gasteiger partial charge < -0.3 is 10.0 Å². The molecular weight excluding hydrogens is 240 g/mol. The van der Waals surface area contributed by atoms with E-state index in [0.29, 0.717) is 24.5 Å². The number of hydrogen-bond acceptors (Lipinski definition) is 3. The lowest BCUT2D eigenvalue weighted by molar-refractivity contribution is -0.135. The number of carbonyl (C=O) groups excluding carboxylic acids is 1. The highest BCUT2D eigenvalue weighted by Gasteiger charge is 2.32. The second-order valence-corrected chi connectivity index (χ2v) is 6.06. The lowest BCUT2D eigenvalue weighted by atomic mass is 10.0. The minimum Gasteiger partial charge on any atom is -0.396 e. The maximum atomic E-state index is 12.4. The summed E-state index contributed by atoms with van der Waals surface area (Å²) >= 11 is 0. The molecule has 1 saturated heterocycles. The maximum Gasteiger partial charge on any atom is 0.236 e. The molecule has 2 aliphatic rings. The van der Waals surface area contributed by atoms with E-state index in [1.165, 1.54) is 19.3 Å². The average molecular weight is 268 g/mol. The number of amides is 1. The number of unbranched alkanes of at least 4 members (excludes halogenated alkanes) is 1. The first-order valence-electron chi connectivity index (χ1n) is 7.86. The van der Waals surface area contributed by atoms with Crippen LogP contribution >= 0.6 is 0 Å². The summed E-state index contributed by atoms with van der Waals surface area (Å²) in [5, 5.41) is 8.86. The van der Waals surface area contributed by atoms with Gasteiger partial charge in [0.2, 0.25) is 5.91 Å². The van der Waals surface area contributed by atoms with Crippen molar-refractivity contribution in [1.29, 1.82) is 0 Å². The quantitative estimate of drug-likeness (QED) is 0.714. The Bertz CT molecular complexity index is 292. The summed E-state index contributed by atoms with van der Waals surface area (Å²) in [4.78, 5) is 16.8. The van der Waals surface area contributed by atoms with Gasteiger partial charge in [-0.1, -0.05) is 0 Å². The molecule has 1 aliphatic carbocycles. The fourth-order valence-corrected chi connectivity index (χ4v) is 2.99. The molecule has 19 heavy (non-hydrogen) atoms. The summed E-state index contributed by atoms with van der Waals surface area (Å²) in [7, 11) is 0. The van der Waals surface area contributed by atoms with Gasteiger partial charge in [-0.3, -0.25) is 9.69 Å². The highest BCUT2D eigenvalue weighted by atomic mass is 16.2. The summed E-state index contributed by atoms with van der Waals surface area (Å²) in [6, 6.07) is 1.04. The van der Waals surface area contributed by atoms with Crippen LogP contribution in [0, 0.1) is 0 Å². The number of piperidine rings is 1. The highest BCUT2D eigenvalue weighted by molar-refractivity contribution is 5.78. The molecule has 0 radical (unpaired) electrons. The van der Waals surface area contributed by atoms with Crippen LogP contribution in [0.5, 0.6) is 0 Å². The molecule has 1 atom stereocenters. The van der Waals surface area contributed by atoms with Crippen LogP contribution in [0.3, 0.4) is 0 Å². The summed E-state index contributed by atoms with van der Waals surface area (Å²) in [6.45, 7) is 4.91. The van der Waals surface area contributed by atoms with E-state index in [2.05, 4.69) is 16.7 Å². The molecule has 2 rings (SSSR count). The Balaban J connectivity index is 1.80. The monoisotopic (exact) mass is 268 g/mol. The molecule has 0 aromatic heterocycles. The Labute approximate surface area is 116 Å². The number of carbonyl (C=O) groups is 1. The Morgan fingerprint density at radius 2 is 2.05 bits per heavy atom. The van der Waals surface area contributed by atoms with Gasteiger partial charge in [-0.2, -0.15) is 0 Å². The zero-order valence-corrected chi connectivity index (χ0v) is 12.2. The average Bonchev–Trinajstić information content (AvgIpc) is 3.22. The third-order valence-electron chi connectivity index (χ3n) is 4.38. The van der Waals surface area contributed by atoms with Gasteiger partial charge in [0.15, 0.2) is 0 Å². The third-order valence-corrected chi connectivity index (χ3v) is 4.38. The van der Waals surface area contributed by atoms with Gasteiger partial charge >= 0.3 is 0 Å². The Morgan fingerprint density at radius 1 is 1.26 bits per heavy atom. The van der Waals surface area contributed by atoms with Crippen molar-refractivity contribution in [2.24, 2.45) is 0 Å². The molecule has 4 nitrogen and oxygen atoms in total. The minimum atomic E-state index is 0.260. The van der Waals surface area contributed by atoms with E-state index in [1.807, 2.05) is 0 Å². The van der Waals surface area contributed by atoms with E-state index in [0.717, 1.165) is 38.8 Å². The molecule has 1 saturated carbocycles. The minimum absolute atomic E-state index is 0.260. The number of rotatable bonds is 7. The molecular formula is C15H28N2O2. The molecule has 1 N–H and O–H groups in total. The van der Waals surface area contributed by atoms with Gasteiger partial charge in [-0.15, -0.1) is 0 Å². The molecule has 1 amide bonds. The molecule has 0 bridgehead atoms. The first-order valence-corrected chi connectivity index (χ1v) is 7.86. The molecule has 0 spiro atoms. The van der Waals surface area contributed by atoms with Gasteiger partial charge in [0.1, 0.15) is 0 Å². The van der Waals surface area contributed by atoms with Crippen LogP contribution in [0.25, 0.3) is 0 Å². The Morgan fingerprint density at radius 3 is 2.68 bits per heavy atom. The van der Waals surface area contributed by atoms with Crippen LogP contribution in [0.1, 0.15) is 51.9 Å². The zero-order valence-electron chi connectivity index (χ0n) is 12.2. The second-order valence-electron chi connectivity index (χ2n) is 6.06. The van der Waals surface area contributed by atoms with E-state index >= 15 is 0 Å². The first kappa shape index (κ1) is 14.8. The lowest BCUT2D eigenvalue weighted by Gasteiger charge is -2.35. The van der Waals surface area contributed by atoms with Crippen molar-refractivity contribution in [3.8, 4) is 0 Å². The van der Waals surface area contributed by atoms with E-state index in [-0.39, 0.29) is 6.61 Å². The largest absolute Gasteiger partial charge is 0.396 e. The van der Waals surface area contributed by atoms with Crippen LogP contribution in [0.2, 0.25) is 0 Å².